The molecule has 0 saturated carbocycles. The number of carbonyl (C=O) groups excluding carboxylic acids is 2. The highest BCUT2D eigenvalue weighted by Gasteiger charge is 2.39. The summed E-state index contributed by atoms with van der Waals surface area (Å²) in [4.78, 5) is 26.4. The van der Waals surface area contributed by atoms with Crippen LogP contribution in [0.1, 0.15) is 18.9 Å². The molecule has 0 aliphatic carbocycles. The van der Waals surface area contributed by atoms with Crippen LogP contribution in [-0.2, 0) is 19.6 Å². The fourth-order valence-electron chi connectivity index (χ4n) is 2.78. The Morgan fingerprint density at radius 1 is 1.17 bits per heavy atom. The number of hydrogen-bond acceptors (Lipinski definition) is 5. The largest absolute Gasteiger partial charge is 0.326 e. The minimum absolute atomic E-state index is 0.0497. The monoisotopic (exact) mass is 465 g/mol. The Labute approximate surface area is 184 Å². The van der Waals surface area contributed by atoms with Crippen LogP contribution in [0.4, 0.5) is 5.69 Å². The SMILES string of the molecule is CCN1C(=O)C(CC(=O)Nc2ccc(Cl)cc2)S/C1=N\S(=O)(=O)c1ccc(C)cc1. The molecule has 0 aromatic heterocycles. The van der Waals surface area contributed by atoms with Crippen molar-refractivity contribution in [2.24, 2.45) is 4.40 Å². The third kappa shape index (κ3) is 5.21. The van der Waals surface area contributed by atoms with Gasteiger partial charge < -0.3 is 5.32 Å². The number of amidine groups is 1. The number of nitrogens with one attached hydrogen (secondary N) is 1. The Balaban J connectivity index is 1.75. The van der Waals surface area contributed by atoms with E-state index in [1.807, 2.05) is 6.92 Å². The predicted molar refractivity (Wildman–Crippen MR) is 119 cm³/mol. The maximum atomic E-state index is 12.7. The quantitative estimate of drug-likeness (QED) is 0.701. The van der Waals surface area contributed by atoms with E-state index in [9.17, 15) is 18.0 Å². The number of amides is 2. The minimum Gasteiger partial charge on any atom is -0.326 e. The second kappa shape index (κ2) is 9.20. The van der Waals surface area contributed by atoms with Crippen LogP contribution in [0.3, 0.4) is 0 Å². The van der Waals surface area contributed by atoms with Crippen LogP contribution in [0.25, 0.3) is 0 Å². The summed E-state index contributed by atoms with van der Waals surface area (Å²) in [7, 11) is -3.97. The first-order chi connectivity index (χ1) is 14.2. The molecule has 1 heterocycles. The molecule has 2 aromatic rings. The summed E-state index contributed by atoms with van der Waals surface area (Å²) in [5.41, 5.74) is 1.48. The maximum absolute atomic E-state index is 12.7. The standard InChI is InChI=1S/C20H20ClN3O4S2/c1-3-24-19(26)17(12-18(25)22-15-8-6-14(21)7-9-15)29-20(24)23-30(27,28)16-10-4-13(2)5-11-16/h4-11,17H,3,12H2,1-2H3,(H,22,25)/b23-20-. The normalized spacial score (nSPS) is 18.1. The Morgan fingerprint density at radius 2 is 1.80 bits per heavy atom. The number of thioether (sulfide) groups is 1. The molecule has 1 aliphatic heterocycles. The lowest BCUT2D eigenvalue weighted by Gasteiger charge is -2.13. The lowest BCUT2D eigenvalue weighted by molar-refractivity contribution is -0.128. The number of hydrogen-bond donors (Lipinski definition) is 1. The average molecular weight is 466 g/mol. The third-order valence-corrected chi connectivity index (χ3v) is 7.18. The Morgan fingerprint density at radius 3 is 2.40 bits per heavy atom. The first-order valence-electron chi connectivity index (χ1n) is 9.14. The molecule has 1 atom stereocenters. The van der Waals surface area contributed by atoms with Crippen LogP contribution < -0.4 is 5.32 Å². The zero-order valence-corrected chi connectivity index (χ0v) is 18.7. The fraction of sp³-hybridized carbons (Fsp3) is 0.250. The van der Waals surface area contributed by atoms with E-state index >= 15 is 0 Å². The molecule has 30 heavy (non-hydrogen) atoms. The van der Waals surface area contributed by atoms with Crippen molar-refractivity contribution in [3.63, 3.8) is 0 Å². The molecule has 0 spiro atoms. The van der Waals surface area contributed by atoms with Gasteiger partial charge in [0.05, 0.1) is 4.90 Å². The molecule has 7 nitrogen and oxygen atoms in total. The van der Waals surface area contributed by atoms with Crippen LogP contribution in [-0.4, -0.2) is 42.1 Å². The van der Waals surface area contributed by atoms with Crippen molar-refractivity contribution in [3.8, 4) is 0 Å². The molecule has 1 aliphatic rings. The topological polar surface area (TPSA) is 95.9 Å². The van der Waals surface area contributed by atoms with Gasteiger partial charge in [-0.2, -0.15) is 8.42 Å². The molecule has 1 N–H and O–H groups in total. The first kappa shape index (κ1) is 22.3. The number of sulfonamides is 1. The van der Waals surface area contributed by atoms with E-state index in [4.69, 9.17) is 11.6 Å². The summed E-state index contributed by atoms with van der Waals surface area (Å²) in [6, 6.07) is 12.9. The van der Waals surface area contributed by atoms with E-state index in [2.05, 4.69) is 9.71 Å². The molecule has 1 unspecified atom stereocenters. The van der Waals surface area contributed by atoms with Gasteiger partial charge in [-0.05, 0) is 50.2 Å². The predicted octanol–water partition coefficient (Wildman–Crippen LogP) is 3.69. The van der Waals surface area contributed by atoms with E-state index < -0.39 is 15.3 Å². The Hall–Kier alpha value is -2.36. The van der Waals surface area contributed by atoms with Crippen LogP contribution in [0.2, 0.25) is 5.02 Å². The molecule has 2 amide bonds. The van der Waals surface area contributed by atoms with E-state index in [-0.39, 0.29) is 34.8 Å². The van der Waals surface area contributed by atoms with Crippen molar-refractivity contribution >= 4 is 56.1 Å². The highest BCUT2D eigenvalue weighted by atomic mass is 35.5. The number of benzene rings is 2. The summed E-state index contributed by atoms with van der Waals surface area (Å²) >= 11 is 6.81. The number of halogens is 1. The van der Waals surface area contributed by atoms with Gasteiger partial charge in [-0.1, -0.05) is 41.1 Å². The van der Waals surface area contributed by atoms with Crippen molar-refractivity contribution in [1.82, 2.24) is 4.90 Å². The molecular weight excluding hydrogens is 446 g/mol. The zero-order valence-electron chi connectivity index (χ0n) is 16.3. The van der Waals surface area contributed by atoms with E-state index in [1.54, 1.807) is 43.3 Å². The molecular formula is C20H20ClN3O4S2. The molecule has 1 saturated heterocycles. The van der Waals surface area contributed by atoms with Crippen LogP contribution in [0, 0.1) is 6.92 Å². The third-order valence-electron chi connectivity index (χ3n) is 4.35. The van der Waals surface area contributed by atoms with E-state index in [0.717, 1.165) is 17.3 Å². The van der Waals surface area contributed by atoms with Crippen LogP contribution in [0.15, 0.2) is 57.8 Å². The van der Waals surface area contributed by atoms with Crippen LogP contribution >= 0.6 is 23.4 Å². The van der Waals surface area contributed by atoms with Crippen molar-refractivity contribution in [3.05, 3.63) is 59.1 Å². The Kier molecular flexibility index (Phi) is 6.84. The van der Waals surface area contributed by atoms with Crippen molar-refractivity contribution in [2.45, 2.75) is 30.4 Å². The summed E-state index contributed by atoms with van der Waals surface area (Å²) in [5.74, 6) is -0.700. The lowest BCUT2D eigenvalue weighted by atomic mass is 10.2. The number of rotatable bonds is 6. The molecule has 158 valence electrons. The molecule has 0 radical (unpaired) electrons. The van der Waals surface area contributed by atoms with Gasteiger partial charge in [-0.15, -0.1) is 4.40 Å². The number of anilines is 1. The fourth-order valence-corrected chi connectivity index (χ4v) is 5.33. The molecule has 10 heteroatoms. The summed E-state index contributed by atoms with van der Waals surface area (Å²) < 4.78 is 29.1. The van der Waals surface area contributed by atoms with Gasteiger partial charge in [0.1, 0.15) is 5.25 Å². The second-order valence-electron chi connectivity index (χ2n) is 6.61. The van der Waals surface area contributed by atoms with Gasteiger partial charge in [-0.3, -0.25) is 14.5 Å². The number of carbonyl (C=O) groups is 2. The average Bonchev–Trinajstić information content (AvgIpc) is 2.97. The summed E-state index contributed by atoms with van der Waals surface area (Å²) in [5, 5.41) is 2.58. The smallest absolute Gasteiger partial charge is 0.284 e. The van der Waals surface area contributed by atoms with Gasteiger partial charge >= 0.3 is 0 Å². The van der Waals surface area contributed by atoms with Gasteiger partial charge in [0.15, 0.2) is 5.17 Å². The molecule has 3 rings (SSSR count). The van der Waals surface area contributed by atoms with E-state index in [0.29, 0.717) is 10.7 Å². The summed E-state index contributed by atoms with van der Waals surface area (Å²) in [6.45, 7) is 3.83. The molecule has 1 fully saturated rings. The minimum atomic E-state index is -3.97. The molecule has 0 bridgehead atoms. The van der Waals surface area contributed by atoms with Gasteiger partial charge in [0, 0.05) is 23.7 Å². The highest BCUT2D eigenvalue weighted by molar-refractivity contribution is 8.16. The van der Waals surface area contributed by atoms with Crippen molar-refractivity contribution in [2.75, 3.05) is 11.9 Å². The van der Waals surface area contributed by atoms with Gasteiger partial charge in [-0.25, -0.2) is 0 Å². The highest BCUT2D eigenvalue weighted by Crippen LogP contribution is 2.31. The number of aryl methyl sites for hydroxylation is 1. The van der Waals surface area contributed by atoms with Gasteiger partial charge in [0.25, 0.3) is 10.0 Å². The van der Waals surface area contributed by atoms with E-state index in [1.165, 1.54) is 17.0 Å². The first-order valence-corrected chi connectivity index (χ1v) is 11.8. The second-order valence-corrected chi connectivity index (χ2v) is 9.82. The molecule has 2 aromatic carbocycles. The lowest BCUT2D eigenvalue weighted by Crippen LogP contribution is -2.33. The van der Waals surface area contributed by atoms with Crippen molar-refractivity contribution in [1.29, 1.82) is 0 Å². The van der Waals surface area contributed by atoms with Gasteiger partial charge in [0.2, 0.25) is 11.8 Å². The summed E-state index contributed by atoms with van der Waals surface area (Å²) in [6.07, 6.45) is -0.105. The maximum Gasteiger partial charge on any atom is 0.284 e. The zero-order chi connectivity index (χ0) is 21.9. The van der Waals surface area contributed by atoms with Crippen molar-refractivity contribution < 1.29 is 18.0 Å². The number of nitrogens with zero attached hydrogens (tertiary/aromatic N) is 2. The Bertz CT molecular complexity index is 1080. The van der Waals surface area contributed by atoms with Crippen LogP contribution in [0.5, 0.6) is 0 Å².